The van der Waals surface area contributed by atoms with Gasteiger partial charge in [0, 0.05) is 6.92 Å². The van der Waals surface area contributed by atoms with Gasteiger partial charge in [-0.3, -0.25) is 4.79 Å². The van der Waals surface area contributed by atoms with Crippen molar-refractivity contribution in [2.45, 2.75) is 32.5 Å². The van der Waals surface area contributed by atoms with Gasteiger partial charge in [-0.25, -0.2) is 0 Å². The highest BCUT2D eigenvalue weighted by Gasteiger charge is 2.37. The van der Waals surface area contributed by atoms with Crippen molar-refractivity contribution in [2.75, 3.05) is 6.61 Å². The third-order valence-corrected chi connectivity index (χ3v) is 1.54. The van der Waals surface area contributed by atoms with E-state index in [4.69, 9.17) is 9.47 Å². The molecule has 2 atom stereocenters. The van der Waals surface area contributed by atoms with E-state index in [1.54, 1.807) is 0 Å². The van der Waals surface area contributed by atoms with Gasteiger partial charge < -0.3 is 9.47 Å². The highest BCUT2D eigenvalue weighted by molar-refractivity contribution is 5.65. The van der Waals surface area contributed by atoms with Crippen molar-refractivity contribution in [1.29, 1.82) is 0 Å². The Bertz CT molecular complexity index is 133. The molecule has 1 fully saturated rings. The molecule has 58 valence electrons. The van der Waals surface area contributed by atoms with Crippen LogP contribution in [0.1, 0.15) is 20.3 Å². The molecule has 0 bridgehead atoms. The third kappa shape index (κ3) is 1.99. The summed E-state index contributed by atoms with van der Waals surface area (Å²) in [6.07, 6.45) is 1.51. The monoisotopic (exact) mass is 144 g/mol. The number of hydrogen-bond donors (Lipinski definition) is 0. The summed E-state index contributed by atoms with van der Waals surface area (Å²) in [5.74, 6) is -0.231. The van der Waals surface area contributed by atoms with E-state index in [0.29, 0.717) is 12.7 Å². The van der Waals surface area contributed by atoms with E-state index >= 15 is 0 Å². The van der Waals surface area contributed by atoms with Crippen molar-refractivity contribution >= 4 is 5.97 Å². The number of rotatable bonds is 3. The van der Waals surface area contributed by atoms with Crippen LogP contribution in [0.15, 0.2) is 0 Å². The summed E-state index contributed by atoms with van der Waals surface area (Å²) in [4.78, 5) is 10.3. The van der Waals surface area contributed by atoms with Crippen LogP contribution in [-0.2, 0) is 14.3 Å². The summed E-state index contributed by atoms with van der Waals surface area (Å²) < 4.78 is 9.87. The highest BCUT2D eigenvalue weighted by atomic mass is 16.6. The van der Waals surface area contributed by atoms with E-state index in [0.717, 1.165) is 6.42 Å². The Kier molecular flexibility index (Phi) is 2.27. The molecule has 3 heteroatoms. The molecule has 1 aliphatic rings. The molecular formula is C7H12O3. The molecule has 0 aromatic heterocycles. The molecule has 2 unspecified atom stereocenters. The summed E-state index contributed by atoms with van der Waals surface area (Å²) >= 11 is 0. The molecule has 0 aromatic rings. The zero-order chi connectivity index (χ0) is 7.56. The Morgan fingerprint density at radius 1 is 1.60 bits per heavy atom. The molecule has 1 heterocycles. The lowest BCUT2D eigenvalue weighted by atomic mass is 10.3. The smallest absolute Gasteiger partial charge is 0.302 e. The molecule has 10 heavy (non-hydrogen) atoms. The molecule has 1 saturated heterocycles. The summed E-state index contributed by atoms with van der Waals surface area (Å²) in [5, 5.41) is 0. The lowest BCUT2D eigenvalue weighted by Crippen LogP contribution is -2.07. The van der Waals surface area contributed by atoms with Gasteiger partial charge in [0.2, 0.25) is 0 Å². The van der Waals surface area contributed by atoms with E-state index in [1.807, 2.05) is 0 Å². The summed E-state index contributed by atoms with van der Waals surface area (Å²) in [6, 6.07) is 0. The highest BCUT2D eigenvalue weighted by Crippen LogP contribution is 2.24. The summed E-state index contributed by atoms with van der Waals surface area (Å²) in [6.45, 7) is 3.88. The fraction of sp³-hybridized carbons (Fsp3) is 0.857. The molecule has 1 aliphatic heterocycles. The molecule has 3 nitrogen and oxygen atoms in total. The minimum absolute atomic E-state index is 0.175. The largest absolute Gasteiger partial charge is 0.463 e. The second-order valence-electron chi connectivity index (χ2n) is 2.42. The van der Waals surface area contributed by atoms with E-state index in [1.165, 1.54) is 6.92 Å². The molecule has 0 radical (unpaired) electrons. The van der Waals surface area contributed by atoms with Gasteiger partial charge in [-0.1, -0.05) is 6.92 Å². The van der Waals surface area contributed by atoms with Gasteiger partial charge >= 0.3 is 5.97 Å². The minimum atomic E-state index is -0.231. The molecule has 0 aromatic carbocycles. The maximum absolute atomic E-state index is 10.3. The molecular weight excluding hydrogens is 132 g/mol. The lowest BCUT2D eigenvalue weighted by molar-refractivity contribution is -0.141. The Labute approximate surface area is 60.3 Å². The van der Waals surface area contributed by atoms with Crippen molar-refractivity contribution in [3.63, 3.8) is 0 Å². The zero-order valence-electron chi connectivity index (χ0n) is 6.29. The molecule has 0 N–H and O–H groups in total. The van der Waals surface area contributed by atoms with Gasteiger partial charge in [-0.15, -0.1) is 0 Å². The second kappa shape index (κ2) is 3.01. The normalized spacial score (nSPS) is 29.8. The van der Waals surface area contributed by atoms with Crippen LogP contribution in [0.3, 0.4) is 0 Å². The van der Waals surface area contributed by atoms with E-state index in [-0.39, 0.29) is 12.1 Å². The number of carbonyl (C=O) groups excluding carboxylic acids is 1. The number of epoxide rings is 1. The van der Waals surface area contributed by atoms with Gasteiger partial charge in [0.05, 0.1) is 6.10 Å². The first-order chi connectivity index (χ1) is 4.74. The van der Waals surface area contributed by atoms with Crippen molar-refractivity contribution in [1.82, 2.24) is 0 Å². The summed E-state index contributed by atoms with van der Waals surface area (Å²) in [5.41, 5.74) is 0. The van der Waals surface area contributed by atoms with Crippen molar-refractivity contribution in [3.8, 4) is 0 Å². The van der Waals surface area contributed by atoms with Gasteiger partial charge in [0.1, 0.15) is 12.7 Å². The van der Waals surface area contributed by atoms with Crippen LogP contribution in [0.5, 0.6) is 0 Å². The van der Waals surface area contributed by atoms with Crippen LogP contribution in [0.4, 0.5) is 0 Å². The fourth-order valence-corrected chi connectivity index (χ4v) is 0.884. The zero-order valence-corrected chi connectivity index (χ0v) is 6.29. The average Bonchev–Trinajstić information content (AvgIpc) is 2.61. The first-order valence-corrected chi connectivity index (χ1v) is 3.53. The van der Waals surface area contributed by atoms with Gasteiger partial charge in [-0.05, 0) is 6.42 Å². The maximum Gasteiger partial charge on any atom is 0.302 e. The van der Waals surface area contributed by atoms with Crippen LogP contribution < -0.4 is 0 Å². The molecule has 0 spiro atoms. The Hall–Kier alpha value is -0.570. The number of esters is 1. The predicted molar refractivity (Wildman–Crippen MR) is 35.6 cm³/mol. The first-order valence-electron chi connectivity index (χ1n) is 3.53. The molecule has 0 amide bonds. The van der Waals surface area contributed by atoms with Crippen LogP contribution >= 0.6 is 0 Å². The van der Waals surface area contributed by atoms with Crippen LogP contribution in [0.2, 0.25) is 0 Å². The predicted octanol–water partition coefficient (Wildman–Crippen LogP) is 0.727. The van der Waals surface area contributed by atoms with E-state index in [2.05, 4.69) is 6.92 Å². The topological polar surface area (TPSA) is 38.8 Å². The van der Waals surface area contributed by atoms with Crippen LogP contribution in [-0.4, -0.2) is 24.8 Å². The first kappa shape index (κ1) is 7.54. The Morgan fingerprint density at radius 2 is 2.30 bits per heavy atom. The number of hydrogen-bond acceptors (Lipinski definition) is 3. The lowest BCUT2D eigenvalue weighted by Gasteiger charge is -1.95. The third-order valence-electron chi connectivity index (χ3n) is 1.54. The molecule has 1 rings (SSSR count). The van der Waals surface area contributed by atoms with Gasteiger partial charge in [0.15, 0.2) is 0 Å². The van der Waals surface area contributed by atoms with Crippen molar-refractivity contribution in [2.24, 2.45) is 0 Å². The average molecular weight is 144 g/mol. The fourth-order valence-electron chi connectivity index (χ4n) is 0.884. The number of ether oxygens (including phenoxy) is 2. The Balaban J connectivity index is 2.01. The maximum atomic E-state index is 10.3. The second-order valence-corrected chi connectivity index (χ2v) is 2.42. The van der Waals surface area contributed by atoms with Gasteiger partial charge in [-0.2, -0.15) is 0 Å². The SMILES string of the molecule is CCC1OC1COC(C)=O. The quantitative estimate of drug-likeness (QED) is 0.433. The standard InChI is InChI=1S/C7H12O3/c1-3-6-7(10-6)4-9-5(2)8/h6-7H,3-4H2,1-2H3. The van der Waals surface area contributed by atoms with Crippen molar-refractivity contribution < 1.29 is 14.3 Å². The molecule has 0 saturated carbocycles. The molecule has 0 aliphatic carbocycles. The van der Waals surface area contributed by atoms with E-state index in [9.17, 15) is 4.79 Å². The minimum Gasteiger partial charge on any atom is -0.463 e. The van der Waals surface area contributed by atoms with E-state index < -0.39 is 0 Å². The van der Waals surface area contributed by atoms with Crippen LogP contribution in [0.25, 0.3) is 0 Å². The van der Waals surface area contributed by atoms with Crippen LogP contribution in [0, 0.1) is 0 Å². The van der Waals surface area contributed by atoms with Gasteiger partial charge in [0.25, 0.3) is 0 Å². The van der Waals surface area contributed by atoms with Crippen molar-refractivity contribution in [3.05, 3.63) is 0 Å². The number of carbonyl (C=O) groups is 1. The Morgan fingerprint density at radius 3 is 2.70 bits per heavy atom. The summed E-state index contributed by atoms with van der Waals surface area (Å²) in [7, 11) is 0.